The van der Waals surface area contributed by atoms with Crippen molar-refractivity contribution in [3.8, 4) is 67.9 Å². The van der Waals surface area contributed by atoms with E-state index in [9.17, 15) is 0 Å². The van der Waals surface area contributed by atoms with Crippen molar-refractivity contribution in [1.82, 2.24) is 15.0 Å². The third kappa shape index (κ3) is 5.60. The van der Waals surface area contributed by atoms with E-state index in [1.165, 1.54) is 31.3 Å². The zero-order chi connectivity index (χ0) is 35.3. The summed E-state index contributed by atoms with van der Waals surface area (Å²) in [6.45, 7) is 4.06. The molecule has 6 heteroatoms. The number of benzene rings is 7. The normalized spacial score (nSPS) is 11.9. The van der Waals surface area contributed by atoms with E-state index < -0.39 is 0 Å². The van der Waals surface area contributed by atoms with Gasteiger partial charge in [0.2, 0.25) is 0 Å². The quantitative estimate of drug-likeness (QED) is 0.172. The van der Waals surface area contributed by atoms with Crippen LogP contribution in [0.1, 0.15) is 5.56 Å². The standard InChI is InChI=1S/C47H29N3OS2/c1-2-29-23-25-33(38(27-29)47-49-45(30-13-5-3-6-14-30)48-46(50-47)31-15-7-4-8-16-31)32-24-26-42-40(28-32)51-39-21-12-20-37(44(39)53-42)36-19-11-18-35-34-17-9-10-22-41(34)52-43(35)36/h2-28H,1H2. The van der Waals surface area contributed by atoms with E-state index in [2.05, 4.69) is 104 Å². The Kier molecular flexibility index (Phi) is 7.71. The maximum atomic E-state index is 6.74. The number of hydrogen-bond donors (Lipinski definition) is 0. The maximum absolute atomic E-state index is 6.74. The van der Waals surface area contributed by atoms with Crippen LogP contribution < -0.4 is 4.74 Å². The van der Waals surface area contributed by atoms with Crippen molar-refractivity contribution in [3.63, 3.8) is 0 Å². The topological polar surface area (TPSA) is 47.9 Å². The van der Waals surface area contributed by atoms with Gasteiger partial charge in [-0.05, 0) is 47.0 Å². The highest BCUT2D eigenvalue weighted by molar-refractivity contribution is 7.99. The van der Waals surface area contributed by atoms with Crippen molar-refractivity contribution >= 4 is 49.3 Å². The number of hydrogen-bond acceptors (Lipinski definition) is 6. The summed E-state index contributed by atoms with van der Waals surface area (Å²) in [7, 11) is 0. The van der Waals surface area contributed by atoms with Crippen LogP contribution in [0.4, 0.5) is 0 Å². The fourth-order valence-electron chi connectivity index (χ4n) is 7.00. The number of thiophene rings is 1. The summed E-state index contributed by atoms with van der Waals surface area (Å²) >= 11 is 3.61. The van der Waals surface area contributed by atoms with Crippen LogP contribution >= 0.6 is 23.1 Å². The van der Waals surface area contributed by atoms with E-state index in [4.69, 9.17) is 19.7 Å². The van der Waals surface area contributed by atoms with Crippen LogP contribution in [0.5, 0.6) is 11.5 Å². The zero-order valence-electron chi connectivity index (χ0n) is 28.4. The summed E-state index contributed by atoms with van der Waals surface area (Å²) < 4.78 is 9.34. The molecule has 0 radical (unpaired) electrons. The molecule has 0 bridgehead atoms. The molecule has 3 heterocycles. The summed E-state index contributed by atoms with van der Waals surface area (Å²) in [4.78, 5) is 17.2. The van der Waals surface area contributed by atoms with E-state index in [0.717, 1.165) is 54.7 Å². The minimum atomic E-state index is 0.592. The summed E-state index contributed by atoms with van der Waals surface area (Å²) in [6, 6.07) is 54.5. The predicted molar refractivity (Wildman–Crippen MR) is 221 cm³/mol. The van der Waals surface area contributed by atoms with Crippen LogP contribution in [0.15, 0.2) is 174 Å². The highest BCUT2D eigenvalue weighted by atomic mass is 32.2. The van der Waals surface area contributed by atoms with E-state index >= 15 is 0 Å². The van der Waals surface area contributed by atoms with Gasteiger partial charge in [0.05, 0.1) is 9.79 Å². The summed E-state index contributed by atoms with van der Waals surface area (Å²) in [5.74, 6) is 3.51. The van der Waals surface area contributed by atoms with Gasteiger partial charge in [-0.3, -0.25) is 0 Å². The molecule has 0 unspecified atom stereocenters. The Bertz CT molecular complexity index is 2810. The molecule has 250 valence electrons. The summed E-state index contributed by atoms with van der Waals surface area (Å²) in [5, 5.41) is 2.59. The number of nitrogens with zero attached hydrogens (tertiary/aromatic N) is 3. The van der Waals surface area contributed by atoms with Crippen molar-refractivity contribution in [1.29, 1.82) is 0 Å². The third-order valence-corrected chi connectivity index (χ3v) is 12.0. The van der Waals surface area contributed by atoms with Crippen LogP contribution in [0.2, 0.25) is 0 Å². The van der Waals surface area contributed by atoms with Crippen molar-refractivity contribution < 1.29 is 4.74 Å². The molecular weight excluding hydrogens is 687 g/mol. The zero-order valence-corrected chi connectivity index (χ0v) is 30.0. The lowest BCUT2D eigenvalue weighted by atomic mass is 9.96. The van der Waals surface area contributed by atoms with Crippen LogP contribution in [0, 0.1) is 0 Å². The Balaban J connectivity index is 1.07. The van der Waals surface area contributed by atoms with Crippen LogP contribution in [-0.2, 0) is 0 Å². The lowest BCUT2D eigenvalue weighted by molar-refractivity contribution is 0.455. The molecule has 0 N–H and O–H groups in total. The van der Waals surface area contributed by atoms with E-state index in [0.29, 0.717) is 17.5 Å². The first-order valence-electron chi connectivity index (χ1n) is 17.4. The summed E-state index contributed by atoms with van der Waals surface area (Å²) in [5.41, 5.74) is 8.13. The molecule has 0 saturated carbocycles. The fourth-order valence-corrected chi connectivity index (χ4v) is 9.28. The van der Waals surface area contributed by atoms with Crippen molar-refractivity contribution in [3.05, 3.63) is 170 Å². The van der Waals surface area contributed by atoms with Crippen molar-refractivity contribution in [2.24, 2.45) is 0 Å². The number of ether oxygens (including phenoxy) is 1. The van der Waals surface area contributed by atoms with E-state index in [-0.39, 0.29) is 0 Å². The first-order chi connectivity index (χ1) is 26.2. The molecule has 0 atom stereocenters. The number of rotatable bonds is 6. The molecule has 53 heavy (non-hydrogen) atoms. The molecule has 0 spiro atoms. The molecule has 4 nitrogen and oxygen atoms in total. The SMILES string of the molecule is C=Cc1ccc(-c2ccc3c(c2)Oc2cccc(-c4cccc5c4sc4ccccc45)c2S3)c(-c2nc(-c3ccccc3)nc(-c3ccccc3)n2)c1. The van der Waals surface area contributed by atoms with Gasteiger partial charge >= 0.3 is 0 Å². The van der Waals surface area contributed by atoms with Crippen molar-refractivity contribution in [2.75, 3.05) is 0 Å². The predicted octanol–water partition coefficient (Wildman–Crippen LogP) is 13.5. The molecule has 10 rings (SSSR count). The smallest absolute Gasteiger partial charge is 0.164 e. The minimum absolute atomic E-state index is 0.592. The van der Waals surface area contributed by atoms with Gasteiger partial charge < -0.3 is 4.74 Å². The molecule has 0 saturated heterocycles. The Morgan fingerprint density at radius 3 is 1.94 bits per heavy atom. The lowest BCUT2D eigenvalue weighted by Gasteiger charge is -2.23. The van der Waals surface area contributed by atoms with Gasteiger partial charge in [-0.15, -0.1) is 11.3 Å². The largest absolute Gasteiger partial charge is 0.455 e. The average Bonchev–Trinajstić information content (AvgIpc) is 3.62. The molecular formula is C47H29N3OS2. The van der Waals surface area contributed by atoms with Gasteiger partial charge in [0.25, 0.3) is 0 Å². The third-order valence-electron chi connectivity index (χ3n) is 9.58. The monoisotopic (exact) mass is 715 g/mol. The van der Waals surface area contributed by atoms with Crippen LogP contribution in [0.3, 0.4) is 0 Å². The second-order valence-electron chi connectivity index (χ2n) is 12.8. The van der Waals surface area contributed by atoms with Gasteiger partial charge in [0, 0.05) is 48.0 Å². The molecule has 9 aromatic rings. The molecule has 1 aliphatic heterocycles. The lowest BCUT2D eigenvalue weighted by Crippen LogP contribution is -2.01. The summed E-state index contributed by atoms with van der Waals surface area (Å²) in [6.07, 6.45) is 1.85. The Hall–Kier alpha value is -6.34. The Morgan fingerprint density at radius 1 is 0.491 bits per heavy atom. The van der Waals surface area contributed by atoms with Crippen molar-refractivity contribution in [2.45, 2.75) is 9.79 Å². The van der Waals surface area contributed by atoms with Gasteiger partial charge in [-0.25, -0.2) is 15.0 Å². The van der Waals surface area contributed by atoms with Gasteiger partial charge in [0.1, 0.15) is 11.5 Å². The molecule has 1 aliphatic rings. The molecule has 7 aromatic carbocycles. The van der Waals surface area contributed by atoms with E-state index in [1.807, 2.05) is 78.1 Å². The van der Waals surface area contributed by atoms with Crippen LogP contribution in [0.25, 0.3) is 82.7 Å². The molecule has 0 amide bonds. The number of aromatic nitrogens is 3. The molecule has 0 aliphatic carbocycles. The first kappa shape index (κ1) is 31.4. The van der Waals surface area contributed by atoms with Crippen LogP contribution in [-0.4, -0.2) is 15.0 Å². The average molecular weight is 716 g/mol. The van der Waals surface area contributed by atoms with Gasteiger partial charge in [0.15, 0.2) is 17.5 Å². The maximum Gasteiger partial charge on any atom is 0.164 e. The molecule has 0 fully saturated rings. The second-order valence-corrected chi connectivity index (χ2v) is 14.9. The van der Waals surface area contributed by atoms with Gasteiger partial charge in [-0.1, -0.05) is 152 Å². The van der Waals surface area contributed by atoms with Gasteiger partial charge in [-0.2, -0.15) is 0 Å². The van der Waals surface area contributed by atoms with E-state index in [1.54, 1.807) is 11.8 Å². The highest BCUT2D eigenvalue weighted by Gasteiger charge is 2.24. The Morgan fingerprint density at radius 2 is 1.17 bits per heavy atom. The molecule has 2 aromatic heterocycles. The Labute approximate surface area is 315 Å². The minimum Gasteiger partial charge on any atom is -0.455 e. The second kappa shape index (κ2) is 13.0. The highest BCUT2D eigenvalue weighted by Crippen LogP contribution is 2.53. The number of fused-ring (bicyclic) bond motifs is 5. The fraction of sp³-hybridized carbons (Fsp3) is 0. The first-order valence-corrected chi connectivity index (χ1v) is 19.0.